The lowest BCUT2D eigenvalue weighted by atomic mass is 10.1. The van der Waals surface area contributed by atoms with Gasteiger partial charge in [0, 0.05) is 31.1 Å². The fourth-order valence-corrected chi connectivity index (χ4v) is 2.81. The summed E-state index contributed by atoms with van der Waals surface area (Å²) in [7, 11) is 0. The number of carbonyl (C=O) groups is 1. The predicted molar refractivity (Wildman–Crippen MR) is 74.1 cm³/mol. The Morgan fingerprint density at radius 1 is 1.39 bits per heavy atom. The highest BCUT2D eigenvalue weighted by Crippen LogP contribution is 2.11. The highest BCUT2D eigenvalue weighted by molar-refractivity contribution is 7.99. The molecule has 98 valence electrons. The van der Waals surface area contributed by atoms with E-state index in [1.54, 1.807) is 12.1 Å². The third-order valence-corrected chi connectivity index (χ3v) is 3.84. The summed E-state index contributed by atoms with van der Waals surface area (Å²) in [6, 6.07) is 7.16. The Morgan fingerprint density at radius 3 is 2.89 bits per heavy atom. The Hall–Kier alpha value is -1.36. The topological polar surface area (TPSA) is 52.6 Å². The van der Waals surface area contributed by atoms with Crippen molar-refractivity contribution in [2.45, 2.75) is 6.42 Å². The molecule has 4 nitrogen and oxygen atoms in total. The number of aromatic hydroxyl groups is 1. The summed E-state index contributed by atoms with van der Waals surface area (Å²) in [6.45, 7) is 2.27. The van der Waals surface area contributed by atoms with Gasteiger partial charge in [-0.05, 0) is 24.1 Å². The summed E-state index contributed by atoms with van der Waals surface area (Å²) in [4.78, 5) is 13.7. The van der Waals surface area contributed by atoms with E-state index in [9.17, 15) is 9.90 Å². The lowest BCUT2D eigenvalue weighted by Gasteiger charge is -2.26. The van der Waals surface area contributed by atoms with Gasteiger partial charge in [-0.1, -0.05) is 12.1 Å². The van der Waals surface area contributed by atoms with E-state index < -0.39 is 0 Å². The van der Waals surface area contributed by atoms with Crippen molar-refractivity contribution < 1.29 is 9.90 Å². The van der Waals surface area contributed by atoms with Crippen LogP contribution < -0.4 is 5.32 Å². The third-order valence-electron chi connectivity index (χ3n) is 2.90. The smallest absolute Gasteiger partial charge is 0.317 e. The average Bonchev–Trinajstić information content (AvgIpc) is 2.40. The molecule has 2 rings (SSSR count). The maximum absolute atomic E-state index is 11.8. The number of nitrogens with one attached hydrogen (secondary N) is 1. The molecule has 2 N–H and O–H groups in total. The SMILES string of the molecule is O=C(NCCc1cccc(O)c1)N1CCSCC1. The number of benzene rings is 1. The van der Waals surface area contributed by atoms with Crippen LogP contribution in [0.2, 0.25) is 0 Å². The zero-order valence-corrected chi connectivity index (χ0v) is 11.1. The van der Waals surface area contributed by atoms with Crippen molar-refractivity contribution in [1.29, 1.82) is 0 Å². The molecular weight excluding hydrogens is 248 g/mol. The van der Waals surface area contributed by atoms with E-state index in [2.05, 4.69) is 5.32 Å². The van der Waals surface area contributed by atoms with Crippen LogP contribution in [-0.2, 0) is 6.42 Å². The van der Waals surface area contributed by atoms with Gasteiger partial charge in [-0.2, -0.15) is 11.8 Å². The molecule has 0 saturated carbocycles. The first-order valence-corrected chi connectivity index (χ1v) is 7.29. The van der Waals surface area contributed by atoms with Crippen LogP contribution in [0.4, 0.5) is 4.79 Å². The zero-order chi connectivity index (χ0) is 12.8. The minimum Gasteiger partial charge on any atom is -0.508 e. The number of rotatable bonds is 3. The lowest BCUT2D eigenvalue weighted by molar-refractivity contribution is 0.203. The molecule has 2 amide bonds. The van der Waals surface area contributed by atoms with Crippen molar-refractivity contribution in [3.63, 3.8) is 0 Å². The van der Waals surface area contributed by atoms with Crippen molar-refractivity contribution in [1.82, 2.24) is 10.2 Å². The Balaban J connectivity index is 1.73. The van der Waals surface area contributed by atoms with E-state index in [1.165, 1.54) is 0 Å². The molecule has 5 heteroatoms. The molecule has 1 aliphatic rings. The van der Waals surface area contributed by atoms with Crippen LogP contribution in [0.5, 0.6) is 5.75 Å². The summed E-state index contributed by atoms with van der Waals surface area (Å²) >= 11 is 1.89. The molecule has 0 radical (unpaired) electrons. The molecule has 0 bridgehead atoms. The van der Waals surface area contributed by atoms with Gasteiger partial charge in [0.15, 0.2) is 0 Å². The maximum Gasteiger partial charge on any atom is 0.317 e. The van der Waals surface area contributed by atoms with Crippen molar-refractivity contribution in [3.8, 4) is 5.75 Å². The predicted octanol–water partition coefficient (Wildman–Crippen LogP) is 1.69. The van der Waals surface area contributed by atoms with Crippen molar-refractivity contribution in [2.75, 3.05) is 31.1 Å². The molecule has 0 unspecified atom stereocenters. The van der Waals surface area contributed by atoms with Crippen LogP contribution in [0.1, 0.15) is 5.56 Å². The minimum absolute atomic E-state index is 0.0236. The van der Waals surface area contributed by atoms with E-state index >= 15 is 0 Å². The molecule has 0 spiro atoms. The first kappa shape index (κ1) is 13.1. The van der Waals surface area contributed by atoms with Gasteiger partial charge < -0.3 is 15.3 Å². The maximum atomic E-state index is 11.8. The molecule has 0 atom stereocenters. The van der Waals surface area contributed by atoms with E-state index in [1.807, 2.05) is 28.8 Å². The number of carbonyl (C=O) groups excluding carboxylic acids is 1. The monoisotopic (exact) mass is 266 g/mol. The molecular formula is C13H18N2O2S. The van der Waals surface area contributed by atoms with Crippen LogP contribution >= 0.6 is 11.8 Å². The van der Waals surface area contributed by atoms with Gasteiger partial charge in [0.25, 0.3) is 0 Å². The Bertz CT molecular complexity index is 406. The van der Waals surface area contributed by atoms with Crippen LogP contribution in [0.15, 0.2) is 24.3 Å². The van der Waals surface area contributed by atoms with Crippen molar-refractivity contribution >= 4 is 17.8 Å². The fourth-order valence-electron chi connectivity index (χ4n) is 1.90. The van der Waals surface area contributed by atoms with Gasteiger partial charge in [0.05, 0.1) is 0 Å². The summed E-state index contributed by atoms with van der Waals surface area (Å²) in [5.74, 6) is 2.33. The molecule has 1 fully saturated rings. The van der Waals surface area contributed by atoms with E-state index in [4.69, 9.17) is 0 Å². The number of amides is 2. The molecule has 1 aliphatic heterocycles. The molecule has 1 aromatic carbocycles. The Morgan fingerprint density at radius 2 is 2.17 bits per heavy atom. The standard InChI is InChI=1S/C13H18N2O2S/c16-12-3-1-2-11(10-12)4-5-14-13(17)15-6-8-18-9-7-15/h1-3,10,16H,4-9H2,(H,14,17). The highest BCUT2D eigenvalue weighted by Gasteiger charge is 2.15. The molecule has 1 heterocycles. The Labute approximate surface area is 111 Å². The van der Waals surface area contributed by atoms with E-state index in [0.29, 0.717) is 6.54 Å². The van der Waals surface area contributed by atoms with Crippen LogP contribution in [-0.4, -0.2) is 47.2 Å². The van der Waals surface area contributed by atoms with Gasteiger partial charge in [0.2, 0.25) is 0 Å². The first-order chi connectivity index (χ1) is 8.75. The number of phenolic OH excluding ortho intramolecular Hbond substituents is 1. The summed E-state index contributed by atoms with van der Waals surface area (Å²) in [6.07, 6.45) is 0.739. The van der Waals surface area contributed by atoms with E-state index in [0.717, 1.165) is 36.6 Å². The Kier molecular flexibility index (Phi) is 4.75. The van der Waals surface area contributed by atoms with Crippen LogP contribution in [0.25, 0.3) is 0 Å². The summed E-state index contributed by atoms with van der Waals surface area (Å²) in [5, 5.41) is 12.2. The van der Waals surface area contributed by atoms with E-state index in [-0.39, 0.29) is 11.8 Å². The lowest BCUT2D eigenvalue weighted by Crippen LogP contribution is -2.44. The summed E-state index contributed by atoms with van der Waals surface area (Å²) < 4.78 is 0. The van der Waals surface area contributed by atoms with Gasteiger partial charge >= 0.3 is 6.03 Å². The second kappa shape index (κ2) is 6.54. The minimum atomic E-state index is 0.0236. The molecule has 0 aliphatic carbocycles. The average molecular weight is 266 g/mol. The van der Waals surface area contributed by atoms with Gasteiger partial charge in [0.1, 0.15) is 5.75 Å². The normalized spacial score (nSPS) is 15.4. The number of thioether (sulfide) groups is 1. The van der Waals surface area contributed by atoms with Crippen LogP contribution in [0.3, 0.4) is 0 Å². The fraction of sp³-hybridized carbons (Fsp3) is 0.462. The number of phenols is 1. The van der Waals surface area contributed by atoms with Crippen molar-refractivity contribution in [3.05, 3.63) is 29.8 Å². The number of nitrogens with zero attached hydrogens (tertiary/aromatic N) is 1. The molecule has 0 aromatic heterocycles. The number of hydrogen-bond acceptors (Lipinski definition) is 3. The van der Waals surface area contributed by atoms with Gasteiger partial charge in [-0.25, -0.2) is 4.79 Å². The second-order valence-corrected chi connectivity index (χ2v) is 5.48. The number of urea groups is 1. The van der Waals surface area contributed by atoms with Gasteiger partial charge in [-0.3, -0.25) is 0 Å². The number of hydrogen-bond donors (Lipinski definition) is 2. The zero-order valence-electron chi connectivity index (χ0n) is 10.3. The molecule has 18 heavy (non-hydrogen) atoms. The third kappa shape index (κ3) is 3.84. The largest absolute Gasteiger partial charge is 0.508 e. The highest BCUT2D eigenvalue weighted by atomic mass is 32.2. The van der Waals surface area contributed by atoms with Gasteiger partial charge in [-0.15, -0.1) is 0 Å². The second-order valence-electron chi connectivity index (χ2n) is 4.25. The van der Waals surface area contributed by atoms with Crippen molar-refractivity contribution in [2.24, 2.45) is 0 Å². The first-order valence-electron chi connectivity index (χ1n) is 6.14. The quantitative estimate of drug-likeness (QED) is 0.875. The summed E-state index contributed by atoms with van der Waals surface area (Å²) in [5.41, 5.74) is 1.03. The molecule has 1 aromatic rings. The molecule has 1 saturated heterocycles. The van der Waals surface area contributed by atoms with Crippen LogP contribution in [0, 0.1) is 0 Å².